The van der Waals surface area contributed by atoms with Gasteiger partial charge in [0.05, 0.1) is 36.4 Å². The lowest BCUT2D eigenvalue weighted by molar-refractivity contribution is 0.0601. The average molecular weight is 442 g/mol. The molecule has 0 aliphatic carbocycles. The number of furan rings is 1. The molecule has 31 heavy (non-hydrogen) atoms. The van der Waals surface area contributed by atoms with Crippen molar-refractivity contribution < 1.29 is 22.7 Å². The maximum Gasteiger partial charge on any atom is 0.337 e. The molecule has 0 saturated heterocycles. The summed E-state index contributed by atoms with van der Waals surface area (Å²) in [6, 6.07) is 11.8. The van der Waals surface area contributed by atoms with E-state index in [9.17, 15) is 18.4 Å². The zero-order chi connectivity index (χ0) is 22.0. The number of nitrogens with zero attached hydrogens (tertiary/aromatic N) is 2. The summed E-state index contributed by atoms with van der Waals surface area (Å²) in [6.45, 7) is 0.113. The third-order valence-electron chi connectivity index (χ3n) is 4.62. The van der Waals surface area contributed by atoms with Gasteiger partial charge in [-0.25, -0.2) is 18.6 Å². The first-order valence-corrected chi connectivity index (χ1v) is 10.2. The fourth-order valence-corrected chi connectivity index (χ4v) is 4.03. The average Bonchev–Trinajstić information content (AvgIpc) is 3.29. The molecule has 0 spiro atoms. The van der Waals surface area contributed by atoms with E-state index in [2.05, 4.69) is 4.98 Å². The predicted octanol–water partition coefficient (Wildman–Crippen LogP) is 4.39. The number of methoxy groups -OCH3 is 1. The number of aromatic nitrogens is 2. The first-order valence-electron chi connectivity index (χ1n) is 9.19. The molecule has 2 aromatic heterocycles. The standard InChI is InChI=1S/C22H16F2N2O4S/c1-29-21(28)13-7-8-16-18(10-13)25-22(26(20(16)27)11-15-5-3-9-30-15)31-12-14-4-2-6-17(23)19(14)24/h2-10H,11-12H2,1H3. The molecule has 2 heterocycles. The number of thioether (sulfide) groups is 1. The lowest BCUT2D eigenvalue weighted by atomic mass is 10.1. The van der Waals surface area contributed by atoms with Gasteiger partial charge >= 0.3 is 5.97 Å². The van der Waals surface area contributed by atoms with Gasteiger partial charge in [0.1, 0.15) is 5.76 Å². The molecular formula is C22H16F2N2O4S. The van der Waals surface area contributed by atoms with Crippen molar-refractivity contribution in [2.75, 3.05) is 7.11 Å². The molecule has 0 aliphatic rings. The Morgan fingerprint density at radius 3 is 2.77 bits per heavy atom. The van der Waals surface area contributed by atoms with Crippen molar-refractivity contribution in [1.82, 2.24) is 9.55 Å². The molecule has 0 amide bonds. The maximum atomic E-state index is 14.1. The van der Waals surface area contributed by atoms with E-state index in [0.29, 0.717) is 16.7 Å². The summed E-state index contributed by atoms with van der Waals surface area (Å²) >= 11 is 1.08. The highest BCUT2D eigenvalue weighted by Crippen LogP contribution is 2.25. The number of fused-ring (bicyclic) bond motifs is 1. The summed E-state index contributed by atoms with van der Waals surface area (Å²) in [4.78, 5) is 29.6. The number of rotatable bonds is 6. The molecule has 6 nitrogen and oxygen atoms in total. The largest absolute Gasteiger partial charge is 0.467 e. The fraction of sp³-hybridized carbons (Fsp3) is 0.136. The van der Waals surface area contributed by atoms with Gasteiger partial charge in [0.15, 0.2) is 16.8 Å². The van der Waals surface area contributed by atoms with Crippen LogP contribution in [0.3, 0.4) is 0 Å². The first-order chi connectivity index (χ1) is 15.0. The highest BCUT2D eigenvalue weighted by Gasteiger charge is 2.17. The number of carbonyl (C=O) groups is 1. The Morgan fingerprint density at radius 1 is 1.19 bits per heavy atom. The van der Waals surface area contributed by atoms with E-state index in [4.69, 9.17) is 9.15 Å². The number of esters is 1. The Kier molecular flexibility index (Phi) is 5.85. The number of hydrogen-bond acceptors (Lipinski definition) is 6. The van der Waals surface area contributed by atoms with Crippen LogP contribution in [0.1, 0.15) is 21.7 Å². The second-order valence-electron chi connectivity index (χ2n) is 6.59. The minimum atomic E-state index is -0.944. The SMILES string of the molecule is COC(=O)c1ccc2c(=O)n(Cc3ccco3)c(SCc3cccc(F)c3F)nc2c1. The van der Waals surface area contributed by atoms with Gasteiger partial charge in [0, 0.05) is 11.3 Å². The molecule has 0 radical (unpaired) electrons. The van der Waals surface area contributed by atoms with Crippen LogP contribution < -0.4 is 5.56 Å². The molecule has 0 unspecified atom stereocenters. The summed E-state index contributed by atoms with van der Waals surface area (Å²) in [7, 11) is 1.26. The van der Waals surface area contributed by atoms with E-state index in [1.165, 1.54) is 48.3 Å². The number of carbonyl (C=O) groups excluding carboxylic acids is 1. The van der Waals surface area contributed by atoms with E-state index in [1.807, 2.05) is 0 Å². The van der Waals surface area contributed by atoms with Gasteiger partial charge < -0.3 is 9.15 Å². The molecule has 4 aromatic rings. The molecule has 0 N–H and O–H groups in total. The van der Waals surface area contributed by atoms with Crippen molar-refractivity contribution in [3.05, 3.63) is 93.7 Å². The molecule has 0 bridgehead atoms. The molecule has 0 saturated carbocycles. The molecule has 4 rings (SSSR count). The zero-order valence-electron chi connectivity index (χ0n) is 16.3. The molecule has 0 atom stereocenters. The van der Waals surface area contributed by atoms with Crippen LogP contribution in [-0.2, 0) is 17.0 Å². The normalized spacial score (nSPS) is 11.1. The van der Waals surface area contributed by atoms with Crippen molar-refractivity contribution in [2.24, 2.45) is 0 Å². The van der Waals surface area contributed by atoms with Crippen molar-refractivity contribution in [1.29, 1.82) is 0 Å². The van der Waals surface area contributed by atoms with Gasteiger partial charge in [0.25, 0.3) is 5.56 Å². The van der Waals surface area contributed by atoms with Gasteiger partial charge in [-0.2, -0.15) is 0 Å². The van der Waals surface area contributed by atoms with Crippen LogP contribution in [0.2, 0.25) is 0 Å². The molecule has 0 aliphatic heterocycles. The summed E-state index contributed by atoms with van der Waals surface area (Å²) < 4.78 is 39.1. The zero-order valence-corrected chi connectivity index (χ0v) is 17.1. The van der Waals surface area contributed by atoms with Crippen LogP contribution in [0.5, 0.6) is 0 Å². The summed E-state index contributed by atoms with van der Waals surface area (Å²) in [5.41, 5.74) is 0.343. The first kappa shape index (κ1) is 20.8. The lowest BCUT2D eigenvalue weighted by Gasteiger charge is -2.13. The van der Waals surface area contributed by atoms with Gasteiger partial charge in [-0.15, -0.1) is 0 Å². The van der Waals surface area contributed by atoms with Crippen molar-refractivity contribution >= 4 is 28.6 Å². The van der Waals surface area contributed by atoms with Crippen molar-refractivity contribution in [3.63, 3.8) is 0 Å². The quantitative estimate of drug-likeness (QED) is 0.250. The Morgan fingerprint density at radius 2 is 2.03 bits per heavy atom. The lowest BCUT2D eigenvalue weighted by Crippen LogP contribution is -2.24. The Balaban J connectivity index is 1.79. The molecule has 2 aromatic carbocycles. The van der Waals surface area contributed by atoms with Crippen molar-refractivity contribution in [2.45, 2.75) is 17.5 Å². The monoisotopic (exact) mass is 442 g/mol. The molecular weight excluding hydrogens is 426 g/mol. The van der Waals surface area contributed by atoms with Crippen molar-refractivity contribution in [3.8, 4) is 0 Å². The van der Waals surface area contributed by atoms with Gasteiger partial charge in [-0.3, -0.25) is 9.36 Å². The van der Waals surface area contributed by atoms with Crippen LogP contribution >= 0.6 is 11.8 Å². The Labute approximate surface area is 179 Å². The number of halogens is 2. The summed E-state index contributed by atoms with van der Waals surface area (Å²) in [5, 5.41) is 0.583. The predicted molar refractivity (Wildman–Crippen MR) is 111 cm³/mol. The van der Waals surface area contributed by atoms with Crippen LogP contribution in [-0.4, -0.2) is 22.6 Å². The Hall–Kier alpha value is -3.46. The van der Waals surface area contributed by atoms with Crippen LogP contribution in [0.15, 0.2) is 69.2 Å². The number of benzene rings is 2. The number of ether oxygens (including phenoxy) is 1. The minimum Gasteiger partial charge on any atom is -0.467 e. The van der Waals surface area contributed by atoms with E-state index in [-0.39, 0.29) is 34.1 Å². The smallest absolute Gasteiger partial charge is 0.337 e. The van der Waals surface area contributed by atoms with E-state index in [0.717, 1.165) is 17.8 Å². The highest BCUT2D eigenvalue weighted by atomic mass is 32.2. The summed E-state index contributed by atoms with van der Waals surface area (Å²) in [6.07, 6.45) is 1.49. The molecule has 9 heteroatoms. The molecule has 0 fully saturated rings. The van der Waals surface area contributed by atoms with Gasteiger partial charge in [-0.1, -0.05) is 23.9 Å². The fourth-order valence-electron chi connectivity index (χ4n) is 3.06. The second kappa shape index (κ2) is 8.73. The maximum absolute atomic E-state index is 14.1. The third-order valence-corrected chi connectivity index (χ3v) is 5.65. The molecule has 158 valence electrons. The van der Waals surface area contributed by atoms with E-state index < -0.39 is 17.6 Å². The van der Waals surface area contributed by atoms with Gasteiger partial charge in [-0.05, 0) is 36.4 Å². The van der Waals surface area contributed by atoms with Gasteiger partial charge in [0.2, 0.25) is 0 Å². The minimum absolute atomic E-state index is 0.0520. The highest BCUT2D eigenvalue weighted by molar-refractivity contribution is 7.98. The summed E-state index contributed by atoms with van der Waals surface area (Å²) in [5.74, 6) is -1.85. The number of hydrogen-bond donors (Lipinski definition) is 0. The van der Waals surface area contributed by atoms with E-state index >= 15 is 0 Å². The topological polar surface area (TPSA) is 74.3 Å². The second-order valence-corrected chi connectivity index (χ2v) is 7.53. The van der Waals surface area contributed by atoms with Crippen LogP contribution in [0.25, 0.3) is 10.9 Å². The Bertz CT molecular complexity index is 1320. The van der Waals surface area contributed by atoms with E-state index in [1.54, 1.807) is 12.1 Å². The van der Waals surface area contributed by atoms with Crippen LogP contribution in [0.4, 0.5) is 8.78 Å². The van der Waals surface area contributed by atoms with Crippen LogP contribution in [0, 0.1) is 11.6 Å². The third kappa shape index (κ3) is 4.22.